The molecular formula is C15H21N3O3. The van der Waals surface area contributed by atoms with Crippen LogP contribution in [-0.2, 0) is 4.79 Å². The van der Waals surface area contributed by atoms with Gasteiger partial charge in [0.15, 0.2) is 0 Å². The molecule has 2 heterocycles. The average Bonchev–Trinajstić information content (AvgIpc) is 2.49. The largest absolute Gasteiger partial charge is 0.477 e. The highest BCUT2D eigenvalue weighted by atomic mass is 16.4. The van der Waals surface area contributed by atoms with E-state index in [9.17, 15) is 9.59 Å². The number of carbonyl (C=O) groups is 2. The van der Waals surface area contributed by atoms with Crippen molar-refractivity contribution in [2.75, 3.05) is 18.4 Å². The van der Waals surface area contributed by atoms with E-state index < -0.39 is 5.97 Å². The molecular weight excluding hydrogens is 270 g/mol. The monoisotopic (exact) mass is 291 g/mol. The van der Waals surface area contributed by atoms with Crippen LogP contribution in [0.4, 0.5) is 5.69 Å². The molecule has 0 aromatic carbocycles. The quantitative estimate of drug-likeness (QED) is 0.770. The van der Waals surface area contributed by atoms with Crippen molar-refractivity contribution >= 4 is 17.6 Å². The molecule has 21 heavy (non-hydrogen) atoms. The lowest BCUT2D eigenvalue weighted by molar-refractivity contribution is -0.127. The van der Waals surface area contributed by atoms with Crippen LogP contribution in [0, 0.1) is 5.41 Å². The van der Waals surface area contributed by atoms with Gasteiger partial charge in [0.2, 0.25) is 5.91 Å². The predicted molar refractivity (Wildman–Crippen MR) is 79.3 cm³/mol. The first-order valence-electron chi connectivity index (χ1n) is 7.29. The highest BCUT2D eigenvalue weighted by molar-refractivity contribution is 5.95. The molecule has 0 radical (unpaired) electrons. The number of carboxylic acid groups (broad SMARTS) is 1. The molecule has 0 saturated carbocycles. The Kier molecular flexibility index (Phi) is 4.90. The number of aromatic nitrogens is 1. The summed E-state index contributed by atoms with van der Waals surface area (Å²) in [6.45, 7) is 3.72. The summed E-state index contributed by atoms with van der Waals surface area (Å²) in [6.07, 6.45) is 5.04. The molecule has 1 aliphatic rings. The smallest absolute Gasteiger partial charge is 0.354 e. The second-order valence-electron chi connectivity index (χ2n) is 5.50. The summed E-state index contributed by atoms with van der Waals surface area (Å²) >= 11 is 0. The first-order valence-corrected chi connectivity index (χ1v) is 7.29. The first kappa shape index (κ1) is 15.4. The molecule has 1 amide bonds. The number of piperidine rings is 1. The van der Waals surface area contributed by atoms with Crippen molar-refractivity contribution in [3.8, 4) is 0 Å². The SMILES string of the molecule is CCCC1(C(=O)Nc2ccc(C(=O)O)nc2)CCCNC1. The van der Waals surface area contributed by atoms with Gasteiger partial charge in [0.1, 0.15) is 5.69 Å². The number of nitrogens with zero attached hydrogens (tertiary/aromatic N) is 1. The molecule has 1 atom stereocenters. The van der Waals surface area contributed by atoms with Crippen LogP contribution in [0.5, 0.6) is 0 Å². The van der Waals surface area contributed by atoms with Crippen molar-refractivity contribution < 1.29 is 14.7 Å². The number of pyridine rings is 1. The van der Waals surface area contributed by atoms with Gasteiger partial charge in [-0.3, -0.25) is 4.79 Å². The number of amides is 1. The summed E-state index contributed by atoms with van der Waals surface area (Å²) in [4.78, 5) is 27.2. The fourth-order valence-electron chi connectivity index (χ4n) is 2.83. The van der Waals surface area contributed by atoms with Crippen LogP contribution in [0.2, 0.25) is 0 Å². The van der Waals surface area contributed by atoms with Crippen molar-refractivity contribution in [1.29, 1.82) is 0 Å². The van der Waals surface area contributed by atoms with Crippen molar-refractivity contribution in [2.45, 2.75) is 32.6 Å². The molecule has 2 rings (SSSR count). The highest BCUT2D eigenvalue weighted by Crippen LogP contribution is 2.33. The summed E-state index contributed by atoms with van der Waals surface area (Å²) in [5.74, 6) is -1.09. The first-order chi connectivity index (χ1) is 10.1. The number of rotatable bonds is 5. The van der Waals surface area contributed by atoms with E-state index in [1.807, 2.05) is 0 Å². The van der Waals surface area contributed by atoms with E-state index in [0.717, 1.165) is 32.2 Å². The Bertz CT molecular complexity index is 502. The highest BCUT2D eigenvalue weighted by Gasteiger charge is 2.38. The van der Waals surface area contributed by atoms with Crippen molar-refractivity contribution in [1.82, 2.24) is 10.3 Å². The van der Waals surface area contributed by atoms with Crippen LogP contribution >= 0.6 is 0 Å². The fourth-order valence-corrected chi connectivity index (χ4v) is 2.83. The zero-order valence-electron chi connectivity index (χ0n) is 12.2. The van der Waals surface area contributed by atoms with Gasteiger partial charge in [-0.05, 0) is 37.9 Å². The molecule has 0 spiro atoms. The average molecular weight is 291 g/mol. The van der Waals surface area contributed by atoms with Gasteiger partial charge < -0.3 is 15.7 Å². The number of carbonyl (C=O) groups excluding carboxylic acids is 1. The van der Waals surface area contributed by atoms with Crippen molar-refractivity contribution in [3.63, 3.8) is 0 Å². The molecule has 1 aromatic heterocycles. The van der Waals surface area contributed by atoms with Crippen LogP contribution in [-0.4, -0.2) is 35.1 Å². The lowest BCUT2D eigenvalue weighted by Gasteiger charge is -2.36. The van der Waals surface area contributed by atoms with Crippen LogP contribution in [0.1, 0.15) is 43.1 Å². The zero-order valence-corrected chi connectivity index (χ0v) is 12.2. The lowest BCUT2D eigenvalue weighted by atomic mass is 9.76. The van der Waals surface area contributed by atoms with E-state index in [-0.39, 0.29) is 17.0 Å². The minimum absolute atomic E-state index is 0.0126. The van der Waals surface area contributed by atoms with Crippen molar-refractivity contribution in [2.24, 2.45) is 5.41 Å². The van der Waals surface area contributed by atoms with Crippen molar-refractivity contribution in [3.05, 3.63) is 24.0 Å². The molecule has 1 saturated heterocycles. The molecule has 0 bridgehead atoms. The summed E-state index contributed by atoms with van der Waals surface area (Å²) in [6, 6.07) is 2.97. The number of carboxylic acids is 1. The Hall–Kier alpha value is -1.95. The standard InChI is InChI=1S/C15H21N3O3/c1-2-6-15(7-3-8-16-10-15)14(21)18-11-4-5-12(13(19)20)17-9-11/h4-5,9,16H,2-3,6-8,10H2,1H3,(H,18,21)(H,19,20). The number of aromatic carboxylic acids is 1. The zero-order chi connectivity index (χ0) is 15.3. The maximum absolute atomic E-state index is 12.6. The van der Waals surface area contributed by atoms with E-state index in [4.69, 9.17) is 5.11 Å². The predicted octanol–water partition coefficient (Wildman–Crippen LogP) is 1.89. The molecule has 1 aromatic rings. The molecule has 1 aliphatic heterocycles. The summed E-state index contributed by atoms with van der Waals surface area (Å²) < 4.78 is 0. The fraction of sp³-hybridized carbons (Fsp3) is 0.533. The maximum atomic E-state index is 12.6. The van der Waals surface area contributed by atoms with Gasteiger partial charge in [-0.2, -0.15) is 0 Å². The van der Waals surface area contributed by atoms with E-state index in [0.29, 0.717) is 12.2 Å². The van der Waals surface area contributed by atoms with E-state index in [1.54, 1.807) is 6.07 Å². The number of nitrogens with one attached hydrogen (secondary N) is 2. The number of anilines is 1. The molecule has 0 aliphatic carbocycles. The third-order valence-corrected chi connectivity index (χ3v) is 3.92. The van der Waals surface area contributed by atoms with Crippen LogP contribution < -0.4 is 10.6 Å². The Morgan fingerprint density at radius 1 is 1.48 bits per heavy atom. The van der Waals surface area contributed by atoms with E-state index in [1.165, 1.54) is 12.3 Å². The Labute approximate surface area is 124 Å². The Balaban J connectivity index is 2.09. The minimum atomic E-state index is -1.08. The number of hydrogen-bond acceptors (Lipinski definition) is 4. The Morgan fingerprint density at radius 2 is 2.29 bits per heavy atom. The van der Waals surface area contributed by atoms with Crippen LogP contribution in [0.15, 0.2) is 18.3 Å². The second-order valence-corrected chi connectivity index (χ2v) is 5.50. The van der Waals surface area contributed by atoms with Gasteiger partial charge in [0.05, 0.1) is 17.3 Å². The molecule has 1 fully saturated rings. The number of hydrogen-bond donors (Lipinski definition) is 3. The molecule has 1 unspecified atom stereocenters. The van der Waals surface area contributed by atoms with Gasteiger partial charge in [-0.15, -0.1) is 0 Å². The van der Waals surface area contributed by atoms with Gasteiger partial charge in [0, 0.05) is 6.54 Å². The van der Waals surface area contributed by atoms with Gasteiger partial charge in [-0.25, -0.2) is 9.78 Å². The third kappa shape index (κ3) is 3.58. The maximum Gasteiger partial charge on any atom is 0.354 e. The summed E-state index contributed by atoms with van der Waals surface area (Å²) in [5, 5.41) is 15.0. The van der Waals surface area contributed by atoms with Gasteiger partial charge in [0.25, 0.3) is 0 Å². The second kappa shape index (κ2) is 6.67. The van der Waals surface area contributed by atoms with Gasteiger partial charge in [-0.1, -0.05) is 13.3 Å². The summed E-state index contributed by atoms with van der Waals surface area (Å²) in [5.41, 5.74) is 0.125. The summed E-state index contributed by atoms with van der Waals surface area (Å²) in [7, 11) is 0. The molecule has 6 heteroatoms. The van der Waals surface area contributed by atoms with Crippen LogP contribution in [0.25, 0.3) is 0 Å². The van der Waals surface area contributed by atoms with E-state index >= 15 is 0 Å². The molecule has 3 N–H and O–H groups in total. The molecule has 6 nitrogen and oxygen atoms in total. The lowest BCUT2D eigenvalue weighted by Crippen LogP contribution is -2.48. The third-order valence-electron chi connectivity index (χ3n) is 3.92. The van der Waals surface area contributed by atoms with Crippen LogP contribution in [0.3, 0.4) is 0 Å². The normalized spacial score (nSPS) is 21.8. The topological polar surface area (TPSA) is 91.3 Å². The Morgan fingerprint density at radius 3 is 2.81 bits per heavy atom. The van der Waals surface area contributed by atoms with Gasteiger partial charge >= 0.3 is 5.97 Å². The minimum Gasteiger partial charge on any atom is -0.477 e. The van der Waals surface area contributed by atoms with E-state index in [2.05, 4.69) is 22.5 Å². The molecule has 114 valence electrons.